The fourth-order valence-corrected chi connectivity index (χ4v) is 1.92. The van der Waals surface area contributed by atoms with Gasteiger partial charge in [-0.15, -0.1) is 0 Å². The van der Waals surface area contributed by atoms with Gasteiger partial charge in [0.05, 0.1) is 5.69 Å². The van der Waals surface area contributed by atoms with E-state index in [1.165, 1.54) is 0 Å². The van der Waals surface area contributed by atoms with Crippen molar-refractivity contribution >= 4 is 33.4 Å². The number of halogens is 1. The summed E-state index contributed by atoms with van der Waals surface area (Å²) in [4.78, 5) is 8.67. The first-order valence-electron chi connectivity index (χ1n) is 6.30. The number of nitrogens with zero attached hydrogens (tertiary/aromatic N) is 2. The summed E-state index contributed by atoms with van der Waals surface area (Å²) in [6.45, 7) is 4.27. The molecule has 2 N–H and O–H groups in total. The number of benzene rings is 1. The van der Waals surface area contributed by atoms with E-state index in [0.29, 0.717) is 12.0 Å². The number of aromatic nitrogens is 2. The molecule has 4 nitrogen and oxygen atoms in total. The molecule has 0 radical (unpaired) electrons. The number of hydrogen-bond acceptors (Lipinski definition) is 4. The van der Waals surface area contributed by atoms with Gasteiger partial charge in [0.25, 0.3) is 0 Å². The first-order valence-corrected chi connectivity index (χ1v) is 7.09. The highest BCUT2D eigenvalue weighted by molar-refractivity contribution is 9.10. The summed E-state index contributed by atoms with van der Waals surface area (Å²) in [6, 6.07) is 10.2. The SMILES string of the molecule is CCC(C)Nc1ccnc(Nc2ccccc2Br)n1. The van der Waals surface area contributed by atoms with Crippen molar-refractivity contribution in [3.8, 4) is 0 Å². The van der Waals surface area contributed by atoms with E-state index in [4.69, 9.17) is 0 Å². The van der Waals surface area contributed by atoms with E-state index in [1.54, 1.807) is 6.20 Å². The monoisotopic (exact) mass is 320 g/mol. The minimum Gasteiger partial charge on any atom is -0.367 e. The summed E-state index contributed by atoms with van der Waals surface area (Å²) in [6.07, 6.45) is 2.80. The fraction of sp³-hybridized carbons (Fsp3) is 0.286. The van der Waals surface area contributed by atoms with Gasteiger partial charge in [-0.3, -0.25) is 0 Å². The van der Waals surface area contributed by atoms with Crippen molar-refractivity contribution in [1.29, 1.82) is 0 Å². The highest BCUT2D eigenvalue weighted by Gasteiger charge is 2.04. The molecule has 19 heavy (non-hydrogen) atoms. The van der Waals surface area contributed by atoms with Crippen LogP contribution in [0.2, 0.25) is 0 Å². The van der Waals surface area contributed by atoms with Crippen molar-refractivity contribution in [3.63, 3.8) is 0 Å². The highest BCUT2D eigenvalue weighted by Crippen LogP contribution is 2.24. The van der Waals surface area contributed by atoms with Gasteiger partial charge in [0.1, 0.15) is 5.82 Å². The molecule has 0 amide bonds. The van der Waals surface area contributed by atoms with Crippen molar-refractivity contribution in [3.05, 3.63) is 41.0 Å². The molecule has 2 rings (SSSR count). The van der Waals surface area contributed by atoms with E-state index in [0.717, 1.165) is 22.4 Å². The Hall–Kier alpha value is -1.62. The lowest BCUT2D eigenvalue weighted by Gasteiger charge is -2.13. The molecular weight excluding hydrogens is 304 g/mol. The number of para-hydroxylation sites is 1. The predicted octanol–water partition coefficient (Wildman–Crippen LogP) is 4.19. The van der Waals surface area contributed by atoms with Crippen LogP contribution in [-0.4, -0.2) is 16.0 Å². The summed E-state index contributed by atoms with van der Waals surface area (Å²) in [5.41, 5.74) is 0.947. The van der Waals surface area contributed by atoms with Crippen molar-refractivity contribution in [1.82, 2.24) is 9.97 Å². The van der Waals surface area contributed by atoms with Crippen molar-refractivity contribution in [2.24, 2.45) is 0 Å². The molecule has 2 aromatic rings. The van der Waals surface area contributed by atoms with Crippen LogP contribution in [-0.2, 0) is 0 Å². The lowest BCUT2D eigenvalue weighted by Crippen LogP contribution is -2.15. The average molecular weight is 321 g/mol. The summed E-state index contributed by atoms with van der Waals surface area (Å²) < 4.78 is 0.985. The smallest absolute Gasteiger partial charge is 0.229 e. The van der Waals surface area contributed by atoms with Crippen LogP contribution in [0.4, 0.5) is 17.5 Å². The van der Waals surface area contributed by atoms with E-state index in [9.17, 15) is 0 Å². The second-order valence-electron chi connectivity index (χ2n) is 4.32. The third kappa shape index (κ3) is 3.92. The van der Waals surface area contributed by atoms with Crippen molar-refractivity contribution in [2.45, 2.75) is 26.3 Å². The van der Waals surface area contributed by atoms with Crippen molar-refractivity contribution < 1.29 is 0 Å². The maximum Gasteiger partial charge on any atom is 0.229 e. The van der Waals surface area contributed by atoms with Gasteiger partial charge < -0.3 is 10.6 Å². The Labute approximate surface area is 121 Å². The second kappa shape index (κ2) is 6.52. The quantitative estimate of drug-likeness (QED) is 0.867. The van der Waals surface area contributed by atoms with Crippen LogP contribution >= 0.6 is 15.9 Å². The first kappa shape index (κ1) is 13.8. The number of nitrogens with one attached hydrogen (secondary N) is 2. The zero-order valence-electron chi connectivity index (χ0n) is 11.0. The molecule has 5 heteroatoms. The van der Waals surface area contributed by atoms with Crippen LogP contribution in [0, 0.1) is 0 Å². The maximum atomic E-state index is 4.44. The molecule has 0 saturated heterocycles. The molecule has 100 valence electrons. The molecule has 0 spiro atoms. The molecule has 1 unspecified atom stereocenters. The van der Waals surface area contributed by atoms with Gasteiger partial charge in [0.15, 0.2) is 0 Å². The summed E-state index contributed by atoms with van der Waals surface area (Å²) >= 11 is 3.49. The number of anilines is 3. The third-order valence-corrected chi connectivity index (χ3v) is 3.47. The number of rotatable bonds is 5. The van der Waals surface area contributed by atoms with E-state index in [2.05, 4.69) is 50.4 Å². The van der Waals surface area contributed by atoms with Gasteiger partial charge in [-0.2, -0.15) is 4.98 Å². The normalized spacial score (nSPS) is 11.9. The Bertz CT molecular complexity index is 544. The number of hydrogen-bond donors (Lipinski definition) is 2. The Morgan fingerprint density at radius 1 is 1.26 bits per heavy atom. The maximum absolute atomic E-state index is 4.44. The van der Waals surface area contributed by atoms with Gasteiger partial charge >= 0.3 is 0 Å². The average Bonchev–Trinajstić information content (AvgIpc) is 2.42. The zero-order chi connectivity index (χ0) is 13.7. The molecule has 0 bridgehead atoms. The summed E-state index contributed by atoms with van der Waals surface area (Å²) in [7, 11) is 0. The molecule has 1 aromatic heterocycles. The molecule has 1 aromatic carbocycles. The minimum atomic E-state index is 0.395. The van der Waals surface area contributed by atoms with Gasteiger partial charge in [-0.1, -0.05) is 19.1 Å². The molecule has 0 aliphatic carbocycles. The molecule has 0 aliphatic heterocycles. The lowest BCUT2D eigenvalue weighted by atomic mass is 10.2. The Kier molecular flexibility index (Phi) is 4.74. The van der Waals surface area contributed by atoms with Gasteiger partial charge in [-0.25, -0.2) is 4.98 Å². The molecule has 0 fully saturated rings. The Morgan fingerprint density at radius 3 is 2.79 bits per heavy atom. The fourth-order valence-electron chi connectivity index (χ4n) is 1.54. The van der Waals surface area contributed by atoms with Crippen LogP contribution in [0.3, 0.4) is 0 Å². The van der Waals surface area contributed by atoms with Crippen LogP contribution in [0.1, 0.15) is 20.3 Å². The van der Waals surface area contributed by atoms with E-state index in [-0.39, 0.29) is 0 Å². The van der Waals surface area contributed by atoms with Gasteiger partial charge in [-0.05, 0) is 47.5 Å². The summed E-state index contributed by atoms with van der Waals surface area (Å²) in [5.74, 6) is 1.42. The van der Waals surface area contributed by atoms with E-state index < -0.39 is 0 Å². The second-order valence-corrected chi connectivity index (χ2v) is 5.18. The molecule has 0 saturated carbocycles. The van der Waals surface area contributed by atoms with Gasteiger partial charge in [0.2, 0.25) is 5.95 Å². The van der Waals surface area contributed by atoms with Gasteiger partial charge in [0, 0.05) is 16.7 Å². The zero-order valence-corrected chi connectivity index (χ0v) is 12.6. The minimum absolute atomic E-state index is 0.395. The van der Waals surface area contributed by atoms with Crippen LogP contribution < -0.4 is 10.6 Å². The Balaban J connectivity index is 2.13. The molecular formula is C14H17BrN4. The van der Waals surface area contributed by atoms with E-state index in [1.807, 2.05) is 30.3 Å². The van der Waals surface area contributed by atoms with E-state index >= 15 is 0 Å². The molecule has 0 aliphatic rings. The molecule has 1 heterocycles. The van der Waals surface area contributed by atoms with Crippen LogP contribution in [0.15, 0.2) is 41.0 Å². The van der Waals surface area contributed by atoms with Crippen LogP contribution in [0.5, 0.6) is 0 Å². The van der Waals surface area contributed by atoms with Crippen molar-refractivity contribution in [2.75, 3.05) is 10.6 Å². The highest BCUT2D eigenvalue weighted by atomic mass is 79.9. The lowest BCUT2D eigenvalue weighted by molar-refractivity contribution is 0.758. The third-order valence-electron chi connectivity index (χ3n) is 2.78. The largest absolute Gasteiger partial charge is 0.367 e. The Morgan fingerprint density at radius 2 is 2.05 bits per heavy atom. The standard InChI is InChI=1S/C14H17BrN4/c1-3-10(2)17-13-8-9-16-14(19-13)18-12-7-5-4-6-11(12)15/h4-10H,3H2,1-2H3,(H2,16,17,18,19). The van der Waals surface area contributed by atoms with Crippen LogP contribution in [0.25, 0.3) is 0 Å². The first-order chi connectivity index (χ1) is 9.19. The summed E-state index contributed by atoms with van der Waals surface area (Å²) in [5, 5.41) is 6.52. The predicted molar refractivity (Wildman–Crippen MR) is 82.8 cm³/mol. The molecule has 1 atom stereocenters. The topological polar surface area (TPSA) is 49.8 Å².